The number of hydrogen-bond donors (Lipinski definition) is 3. The smallest absolute Gasteiger partial charge is 0.181 e. The van der Waals surface area contributed by atoms with E-state index < -0.39 is 0 Å². The number of nitrogens with zero attached hydrogens (tertiary/aromatic N) is 6. The number of imidazole rings is 1. The van der Waals surface area contributed by atoms with E-state index in [0.717, 1.165) is 28.6 Å². The van der Waals surface area contributed by atoms with Crippen molar-refractivity contribution in [1.82, 2.24) is 45.2 Å². The number of benzene rings is 1. The Morgan fingerprint density at radius 2 is 1.92 bits per heavy atom. The number of H-pyrrole nitrogens is 3. The first-order valence-corrected chi connectivity index (χ1v) is 11.3. The third-order valence-corrected chi connectivity index (χ3v) is 5.86. The highest BCUT2D eigenvalue weighted by Gasteiger charge is 2.17. The van der Waals surface area contributed by atoms with Crippen molar-refractivity contribution in [2.24, 2.45) is 0 Å². The summed E-state index contributed by atoms with van der Waals surface area (Å²) in [5.74, 6) is 0.640. The molecule has 180 valence electrons. The van der Waals surface area contributed by atoms with E-state index >= 15 is 0 Å². The van der Waals surface area contributed by atoms with Crippen LogP contribution in [-0.2, 0) is 0 Å². The van der Waals surface area contributed by atoms with Gasteiger partial charge in [-0.25, -0.2) is 19.3 Å². The van der Waals surface area contributed by atoms with Gasteiger partial charge in [-0.1, -0.05) is 0 Å². The van der Waals surface area contributed by atoms with Crippen LogP contribution in [0.15, 0.2) is 55.1 Å². The fourth-order valence-electron chi connectivity index (χ4n) is 4.06. The van der Waals surface area contributed by atoms with Crippen LogP contribution in [-0.4, -0.2) is 72.5 Å². The van der Waals surface area contributed by atoms with E-state index in [-0.39, 0.29) is 5.82 Å². The Labute approximate surface area is 204 Å². The van der Waals surface area contributed by atoms with Gasteiger partial charge in [0, 0.05) is 47.9 Å². The fraction of sp³-hybridized carbons (Fsp3) is 0.160. The minimum absolute atomic E-state index is 0.380. The van der Waals surface area contributed by atoms with Gasteiger partial charge in [-0.05, 0) is 43.9 Å². The number of aromatic amines is 3. The van der Waals surface area contributed by atoms with Crippen LogP contribution in [0.4, 0.5) is 4.39 Å². The van der Waals surface area contributed by atoms with Crippen LogP contribution in [0.1, 0.15) is 0 Å². The number of hydrogen-bond acceptors (Lipinski definition) is 7. The second-order valence-corrected chi connectivity index (χ2v) is 8.65. The number of ether oxygens (including phenoxy) is 1. The summed E-state index contributed by atoms with van der Waals surface area (Å²) < 4.78 is 20.3. The second-order valence-electron chi connectivity index (χ2n) is 8.65. The van der Waals surface area contributed by atoms with Crippen molar-refractivity contribution < 1.29 is 9.13 Å². The molecule has 0 amide bonds. The Kier molecular flexibility index (Phi) is 5.38. The Morgan fingerprint density at radius 3 is 2.75 bits per heavy atom. The van der Waals surface area contributed by atoms with Gasteiger partial charge in [-0.15, -0.1) is 0 Å². The summed E-state index contributed by atoms with van der Waals surface area (Å²) in [6.45, 7) is 1.18. The number of nitrogens with one attached hydrogen (secondary N) is 3. The molecule has 0 aliphatic rings. The van der Waals surface area contributed by atoms with Crippen molar-refractivity contribution >= 4 is 22.2 Å². The van der Waals surface area contributed by atoms with Gasteiger partial charge >= 0.3 is 0 Å². The molecular formula is C25H22FN9O. The number of rotatable bonds is 7. The predicted molar refractivity (Wildman–Crippen MR) is 134 cm³/mol. The van der Waals surface area contributed by atoms with E-state index in [9.17, 15) is 4.39 Å². The molecule has 1 aromatic carbocycles. The quantitative estimate of drug-likeness (QED) is 0.313. The molecule has 0 unspecified atom stereocenters. The molecule has 0 atom stereocenters. The van der Waals surface area contributed by atoms with Crippen LogP contribution < -0.4 is 4.74 Å². The number of pyridine rings is 2. The van der Waals surface area contributed by atoms with Crippen LogP contribution in [0, 0.1) is 5.82 Å². The average Bonchev–Trinajstić information content (AvgIpc) is 3.62. The lowest BCUT2D eigenvalue weighted by Gasteiger charge is -2.12. The van der Waals surface area contributed by atoms with Gasteiger partial charge in [-0.3, -0.25) is 10.2 Å². The maximum absolute atomic E-state index is 14.5. The maximum Gasteiger partial charge on any atom is 0.181 e. The molecule has 10 nitrogen and oxygen atoms in total. The molecule has 0 fully saturated rings. The van der Waals surface area contributed by atoms with E-state index in [2.05, 4.69) is 40.3 Å². The van der Waals surface area contributed by atoms with Gasteiger partial charge in [0.2, 0.25) is 0 Å². The lowest BCUT2D eigenvalue weighted by atomic mass is 10.1. The Balaban J connectivity index is 1.41. The molecule has 0 saturated heterocycles. The van der Waals surface area contributed by atoms with Crippen molar-refractivity contribution in [2.75, 3.05) is 27.2 Å². The topological polar surface area (TPSA) is 124 Å². The zero-order valence-electron chi connectivity index (χ0n) is 19.6. The standard InChI is InChI=1S/C25H22FN9O/c1-35(2)5-6-36-18-8-14(7-17(26)10-18)19-3-4-27-24-21(19)31-25(32-24)22-20-9-15(16-12-29-30-13-16)11-28-23(20)34-33-22/h3-4,7-13H,5-6H2,1-2H3,(H,29,30)(H,27,31,32)(H,28,33,34). The Bertz CT molecular complexity index is 1670. The maximum atomic E-state index is 14.5. The van der Waals surface area contributed by atoms with Gasteiger partial charge in [0.25, 0.3) is 0 Å². The SMILES string of the molecule is CN(C)CCOc1cc(F)cc(-c2ccnc3nc(-c4[nH]nc5ncc(-c6cn[nH]c6)cc45)[nH]c23)c1. The first-order chi connectivity index (χ1) is 17.5. The predicted octanol–water partition coefficient (Wildman–Crippen LogP) is 4.03. The molecule has 5 heterocycles. The summed E-state index contributed by atoms with van der Waals surface area (Å²) in [5, 5.41) is 15.0. The minimum Gasteiger partial charge on any atom is -0.492 e. The summed E-state index contributed by atoms with van der Waals surface area (Å²) in [6.07, 6.45) is 6.94. The van der Waals surface area contributed by atoms with Crippen LogP contribution in [0.2, 0.25) is 0 Å². The number of likely N-dealkylation sites (N-methyl/N-ethyl adjacent to an activating group) is 1. The molecule has 0 bridgehead atoms. The van der Waals surface area contributed by atoms with Crippen molar-refractivity contribution in [1.29, 1.82) is 0 Å². The first-order valence-electron chi connectivity index (χ1n) is 11.3. The van der Waals surface area contributed by atoms with Crippen molar-refractivity contribution in [3.05, 3.63) is 60.9 Å². The zero-order valence-corrected chi connectivity index (χ0v) is 19.6. The largest absolute Gasteiger partial charge is 0.492 e. The van der Waals surface area contributed by atoms with Crippen LogP contribution in [0.3, 0.4) is 0 Å². The molecule has 0 radical (unpaired) electrons. The lowest BCUT2D eigenvalue weighted by molar-refractivity contribution is 0.260. The van der Waals surface area contributed by atoms with Crippen LogP contribution >= 0.6 is 0 Å². The van der Waals surface area contributed by atoms with E-state index in [4.69, 9.17) is 4.74 Å². The van der Waals surface area contributed by atoms with Gasteiger partial charge in [0.1, 0.15) is 23.9 Å². The van der Waals surface area contributed by atoms with Crippen LogP contribution in [0.5, 0.6) is 5.75 Å². The summed E-state index contributed by atoms with van der Waals surface area (Å²) in [6, 6.07) is 8.49. The first kappa shape index (κ1) is 21.9. The number of fused-ring (bicyclic) bond motifs is 2. The van der Waals surface area contributed by atoms with Crippen LogP contribution in [0.25, 0.3) is 56.0 Å². The zero-order chi connectivity index (χ0) is 24.6. The highest BCUT2D eigenvalue weighted by Crippen LogP contribution is 2.33. The highest BCUT2D eigenvalue weighted by molar-refractivity contribution is 5.96. The van der Waals surface area contributed by atoms with E-state index in [1.54, 1.807) is 24.8 Å². The monoisotopic (exact) mass is 483 g/mol. The summed E-state index contributed by atoms with van der Waals surface area (Å²) in [5.41, 5.74) is 5.67. The average molecular weight is 484 g/mol. The van der Waals surface area contributed by atoms with Crippen molar-refractivity contribution in [2.45, 2.75) is 0 Å². The molecule has 0 spiro atoms. The third kappa shape index (κ3) is 4.05. The molecule has 0 aliphatic carbocycles. The van der Waals surface area contributed by atoms with E-state index in [1.165, 1.54) is 12.1 Å². The molecular weight excluding hydrogens is 461 g/mol. The van der Waals surface area contributed by atoms with Gasteiger partial charge < -0.3 is 14.6 Å². The number of aromatic nitrogens is 8. The summed E-state index contributed by atoms with van der Waals surface area (Å²) in [7, 11) is 3.92. The normalized spacial score (nSPS) is 11.7. The molecule has 36 heavy (non-hydrogen) atoms. The molecule has 6 aromatic rings. The van der Waals surface area contributed by atoms with E-state index in [1.807, 2.05) is 37.2 Å². The van der Waals surface area contributed by atoms with Gasteiger partial charge in [0.05, 0.1) is 17.1 Å². The fourth-order valence-corrected chi connectivity index (χ4v) is 4.06. The number of halogens is 1. The molecule has 3 N–H and O–H groups in total. The summed E-state index contributed by atoms with van der Waals surface area (Å²) in [4.78, 5) is 18.9. The molecule has 6 rings (SSSR count). The van der Waals surface area contributed by atoms with Gasteiger partial charge in [-0.2, -0.15) is 10.2 Å². The second kappa shape index (κ2) is 8.86. The van der Waals surface area contributed by atoms with Crippen molar-refractivity contribution in [3.8, 4) is 39.5 Å². The molecule has 11 heteroatoms. The van der Waals surface area contributed by atoms with Gasteiger partial charge in [0.15, 0.2) is 17.1 Å². The molecule has 0 aliphatic heterocycles. The Morgan fingerprint density at radius 1 is 1.00 bits per heavy atom. The Hall–Kier alpha value is -4.64. The lowest BCUT2D eigenvalue weighted by Crippen LogP contribution is -2.19. The molecule has 0 saturated carbocycles. The van der Waals surface area contributed by atoms with E-state index in [0.29, 0.717) is 46.2 Å². The van der Waals surface area contributed by atoms with Crippen molar-refractivity contribution in [3.63, 3.8) is 0 Å². The summed E-state index contributed by atoms with van der Waals surface area (Å²) >= 11 is 0. The third-order valence-electron chi connectivity index (χ3n) is 5.86. The highest BCUT2D eigenvalue weighted by atomic mass is 19.1. The molecule has 5 aromatic heterocycles. The minimum atomic E-state index is -0.380.